The van der Waals surface area contributed by atoms with Gasteiger partial charge in [-0.25, -0.2) is 0 Å². The second-order valence-corrected chi connectivity index (χ2v) is 10.7. The number of aliphatic hydroxyl groups is 1. The molecular formula is C26H40O3. The van der Waals surface area contributed by atoms with E-state index in [0.29, 0.717) is 23.7 Å². The highest BCUT2D eigenvalue weighted by atomic mass is 16.5. The van der Waals surface area contributed by atoms with E-state index in [0.717, 1.165) is 43.4 Å². The van der Waals surface area contributed by atoms with Crippen LogP contribution < -0.4 is 0 Å². The predicted octanol–water partition coefficient (Wildman–Crippen LogP) is 5.83. The van der Waals surface area contributed by atoms with Gasteiger partial charge in [0.2, 0.25) is 0 Å². The van der Waals surface area contributed by atoms with E-state index in [9.17, 15) is 9.90 Å². The molecule has 2 fully saturated rings. The van der Waals surface area contributed by atoms with Crippen LogP contribution in [0.3, 0.4) is 0 Å². The number of hydrogen-bond donors (Lipinski definition) is 1. The van der Waals surface area contributed by atoms with Crippen molar-refractivity contribution in [1.29, 1.82) is 0 Å². The first kappa shape index (κ1) is 21.2. The van der Waals surface area contributed by atoms with Crippen molar-refractivity contribution in [2.24, 2.45) is 35.0 Å². The minimum absolute atomic E-state index is 0.0878. The summed E-state index contributed by atoms with van der Waals surface area (Å²) in [5.74, 6) is 3.44. The van der Waals surface area contributed by atoms with Crippen molar-refractivity contribution in [3.8, 4) is 0 Å². The molecule has 3 nitrogen and oxygen atoms in total. The van der Waals surface area contributed by atoms with Crippen molar-refractivity contribution in [2.45, 2.75) is 90.6 Å². The Bertz CT molecular complexity index is 707. The summed E-state index contributed by atoms with van der Waals surface area (Å²) in [7, 11) is 1.48. The highest BCUT2D eigenvalue weighted by Gasteiger charge is 2.54. The predicted molar refractivity (Wildman–Crippen MR) is 116 cm³/mol. The number of rotatable bonds is 5. The van der Waals surface area contributed by atoms with Crippen LogP contribution in [0.4, 0.5) is 0 Å². The third kappa shape index (κ3) is 3.62. The van der Waals surface area contributed by atoms with Gasteiger partial charge >= 0.3 is 5.97 Å². The summed E-state index contributed by atoms with van der Waals surface area (Å²) < 4.78 is 4.86. The first-order valence-electron chi connectivity index (χ1n) is 12.0. The van der Waals surface area contributed by atoms with Crippen molar-refractivity contribution in [2.75, 3.05) is 7.11 Å². The quantitative estimate of drug-likeness (QED) is 0.467. The zero-order chi connectivity index (χ0) is 20.8. The Morgan fingerprint density at radius 2 is 2.03 bits per heavy atom. The van der Waals surface area contributed by atoms with Gasteiger partial charge in [-0.15, -0.1) is 0 Å². The fraction of sp³-hybridized carbons (Fsp3) is 0.808. The Morgan fingerprint density at radius 3 is 2.76 bits per heavy atom. The van der Waals surface area contributed by atoms with Crippen LogP contribution in [-0.2, 0) is 9.53 Å². The van der Waals surface area contributed by atoms with Crippen LogP contribution in [0.15, 0.2) is 23.3 Å². The van der Waals surface area contributed by atoms with Gasteiger partial charge in [0.05, 0.1) is 12.7 Å². The van der Waals surface area contributed by atoms with E-state index in [1.54, 1.807) is 11.1 Å². The zero-order valence-corrected chi connectivity index (χ0v) is 18.9. The molecule has 4 aliphatic rings. The first-order valence-corrected chi connectivity index (χ1v) is 12.0. The Labute approximate surface area is 177 Å². The van der Waals surface area contributed by atoms with E-state index in [2.05, 4.69) is 32.9 Å². The Hall–Kier alpha value is -1.09. The average Bonchev–Trinajstić information content (AvgIpc) is 3.08. The molecule has 0 aromatic rings. The number of carbonyl (C=O) groups is 1. The zero-order valence-electron chi connectivity index (χ0n) is 18.9. The second kappa shape index (κ2) is 7.87. The van der Waals surface area contributed by atoms with Gasteiger partial charge in [0.25, 0.3) is 0 Å². The molecule has 0 bridgehead atoms. The van der Waals surface area contributed by atoms with Crippen LogP contribution in [0.2, 0.25) is 0 Å². The molecule has 0 saturated heterocycles. The second-order valence-electron chi connectivity index (χ2n) is 10.7. The summed E-state index contributed by atoms with van der Waals surface area (Å²) in [4.78, 5) is 11.6. The van der Waals surface area contributed by atoms with E-state index in [4.69, 9.17) is 4.74 Å². The number of hydrogen-bond acceptors (Lipinski definition) is 3. The van der Waals surface area contributed by atoms with Gasteiger partial charge in [-0.05, 0) is 92.8 Å². The van der Waals surface area contributed by atoms with Crippen LogP contribution >= 0.6 is 0 Å². The fourth-order valence-corrected chi connectivity index (χ4v) is 7.62. The molecule has 162 valence electrons. The highest BCUT2D eigenvalue weighted by Crippen LogP contribution is 2.63. The summed E-state index contributed by atoms with van der Waals surface area (Å²) in [6.45, 7) is 6.95. The number of carbonyl (C=O) groups excluding carboxylic acids is 1. The van der Waals surface area contributed by atoms with Gasteiger partial charge in [0.15, 0.2) is 0 Å². The molecule has 7 atom stereocenters. The largest absolute Gasteiger partial charge is 0.469 e. The molecule has 29 heavy (non-hydrogen) atoms. The normalized spacial score (nSPS) is 42.1. The van der Waals surface area contributed by atoms with E-state index >= 15 is 0 Å². The monoisotopic (exact) mass is 400 g/mol. The van der Waals surface area contributed by atoms with Gasteiger partial charge in [0.1, 0.15) is 0 Å². The molecule has 0 aromatic carbocycles. The highest BCUT2D eigenvalue weighted by molar-refractivity contribution is 5.69. The van der Waals surface area contributed by atoms with Crippen LogP contribution in [0.5, 0.6) is 0 Å². The van der Waals surface area contributed by atoms with E-state index in [-0.39, 0.29) is 5.97 Å². The van der Waals surface area contributed by atoms with Gasteiger partial charge in [-0.3, -0.25) is 4.79 Å². The molecule has 4 rings (SSSR count). The molecule has 3 heteroatoms. The maximum atomic E-state index is 11.6. The molecule has 0 amide bonds. The summed E-state index contributed by atoms with van der Waals surface area (Å²) >= 11 is 0. The molecule has 1 N–H and O–H groups in total. The first-order chi connectivity index (χ1) is 13.8. The Balaban J connectivity index is 1.48. The fourth-order valence-electron chi connectivity index (χ4n) is 7.62. The van der Waals surface area contributed by atoms with Crippen LogP contribution in [0.25, 0.3) is 0 Å². The van der Waals surface area contributed by atoms with Gasteiger partial charge in [-0.2, -0.15) is 0 Å². The molecule has 0 aliphatic heterocycles. The van der Waals surface area contributed by atoms with E-state index in [1.807, 2.05) is 0 Å². The van der Waals surface area contributed by atoms with Gasteiger partial charge < -0.3 is 9.84 Å². The summed E-state index contributed by atoms with van der Waals surface area (Å²) in [5, 5.41) is 10.8. The number of methoxy groups -OCH3 is 1. The molecule has 0 heterocycles. The smallest absolute Gasteiger partial charge is 0.305 e. The third-order valence-electron chi connectivity index (χ3n) is 9.43. The van der Waals surface area contributed by atoms with Crippen molar-refractivity contribution in [1.82, 2.24) is 0 Å². The summed E-state index contributed by atoms with van der Waals surface area (Å²) in [6.07, 6.45) is 15.4. The topological polar surface area (TPSA) is 46.5 Å². The molecule has 1 unspecified atom stereocenters. The number of esters is 1. The molecule has 0 aromatic heterocycles. The lowest BCUT2D eigenvalue weighted by atomic mass is 9.50. The van der Waals surface area contributed by atoms with Crippen molar-refractivity contribution in [3.05, 3.63) is 23.3 Å². The lowest BCUT2D eigenvalue weighted by Crippen LogP contribution is -2.47. The maximum Gasteiger partial charge on any atom is 0.305 e. The molecule has 0 spiro atoms. The minimum atomic E-state index is -0.449. The van der Waals surface area contributed by atoms with Crippen LogP contribution in [0.1, 0.15) is 85.0 Å². The third-order valence-corrected chi connectivity index (χ3v) is 9.43. The molecule has 2 saturated carbocycles. The molecular weight excluding hydrogens is 360 g/mol. The Morgan fingerprint density at radius 1 is 1.24 bits per heavy atom. The van der Waals surface area contributed by atoms with Gasteiger partial charge in [-0.1, -0.05) is 44.1 Å². The lowest BCUT2D eigenvalue weighted by Gasteiger charge is -2.54. The minimum Gasteiger partial charge on any atom is -0.469 e. The SMILES string of the molecule is CC[C@]1(O)CC[C@H]2C(=CC[C@@H]3C2CC[C@]2(C)C([C@H](C)CCC(=O)OC)=CC[C@@H]32)C1. The average molecular weight is 401 g/mol. The lowest BCUT2D eigenvalue weighted by molar-refractivity contribution is -0.140. The van der Waals surface area contributed by atoms with E-state index < -0.39 is 5.60 Å². The van der Waals surface area contributed by atoms with E-state index in [1.165, 1.54) is 39.2 Å². The van der Waals surface area contributed by atoms with Crippen molar-refractivity contribution < 1.29 is 14.6 Å². The molecule has 0 radical (unpaired) electrons. The Kier molecular flexibility index (Phi) is 5.74. The van der Waals surface area contributed by atoms with Crippen LogP contribution in [0, 0.1) is 35.0 Å². The number of fused-ring (bicyclic) bond motifs is 5. The number of ether oxygens (including phenoxy) is 1. The van der Waals surface area contributed by atoms with Crippen molar-refractivity contribution >= 4 is 5.97 Å². The number of allylic oxidation sites excluding steroid dienone is 3. The summed E-state index contributed by atoms with van der Waals surface area (Å²) in [6, 6.07) is 0. The van der Waals surface area contributed by atoms with Gasteiger partial charge in [0, 0.05) is 6.42 Å². The summed E-state index contributed by atoms with van der Waals surface area (Å²) in [5.41, 5.74) is 3.04. The standard InChI is InChI=1S/C26H40O3/c1-5-26(28)15-13-19-18(16-26)7-8-21-20(19)12-14-25(3)22(9-10-23(21)25)17(2)6-11-24(27)29-4/h7,9,17,19-21,23,28H,5-6,8,10-16H2,1-4H3/t17-,19+,20?,21-,23+,25-,26+/m1/s1. The van der Waals surface area contributed by atoms with Crippen molar-refractivity contribution in [3.63, 3.8) is 0 Å². The van der Waals surface area contributed by atoms with Crippen LogP contribution in [-0.4, -0.2) is 23.8 Å². The molecule has 4 aliphatic carbocycles. The maximum absolute atomic E-state index is 11.6.